The lowest BCUT2D eigenvalue weighted by atomic mass is 10.1. The van der Waals surface area contributed by atoms with Crippen molar-refractivity contribution in [1.29, 1.82) is 0 Å². The highest BCUT2D eigenvalue weighted by molar-refractivity contribution is 5.66. The number of aliphatic hydroxyl groups is 1. The fraction of sp³-hybridized carbons (Fsp3) is 0.455. The second-order valence-corrected chi connectivity index (χ2v) is 4.67. The van der Waals surface area contributed by atoms with Crippen molar-refractivity contribution in [2.24, 2.45) is 0 Å². The quantitative estimate of drug-likeness (QED) is 0.470. The lowest BCUT2D eigenvalue weighted by Crippen LogP contribution is -2.36. The van der Waals surface area contributed by atoms with Crippen LogP contribution in [-0.2, 0) is 0 Å². The molecule has 0 amide bonds. The Hall–Kier alpha value is -1.82. The Morgan fingerprint density at radius 2 is 2.12 bits per heavy atom. The number of nitrogen functional groups attached to an aromatic ring is 1. The molecule has 94 valence electrons. The summed E-state index contributed by atoms with van der Waals surface area (Å²) in [4.78, 5) is 11.9. The zero-order valence-corrected chi connectivity index (χ0v) is 10.2. The molecular formula is C11H17N3O3. The molecule has 1 aromatic carbocycles. The van der Waals surface area contributed by atoms with Crippen LogP contribution < -0.4 is 10.6 Å². The number of anilines is 2. The maximum atomic E-state index is 10.6. The summed E-state index contributed by atoms with van der Waals surface area (Å²) in [5, 5.41) is 20.3. The van der Waals surface area contributed by atoms with Crippen molar-refractivity contribution in [3.63, 3.8) is 0 Å². The van der Waals surface area contributed by atoms with E-state index in [2.05, 4.69) is 0 Å². The fourth-order valence-electron chi connectivity index (χ4n) is 1.62. The van der Waals surface area contributed by atoms with E-state index in [0.717, 1.165) is 5.69 Å². The van der Waals surface area contributed by atoms with Gasteiger partial charge in [-0.2, -0.15) is 0 Å². The summed E-state index contributed by atoms with van der Waals surface area (Å²) in [6.07, 6.45) is 0. The van der Waals surface area contributed by atoms with Crippen molar-refractivity contribution >= 4 is 17.1 Å². The Kier molecular flexibility index (Phi) is 3.57. The lowest BCUT2D eigenvalue weighted by Gasteiger charge is -2.27. The summed E-state index contributed by atoms with van der Waals surface area (Å²) < 4.78 is 0. The zero-order valence-electron chi connectivity index (χ0n) is 10.2. The van der Waals surface area contributed by atoms with Gasteiger partial charge in [-0.15, -0.1) is 0 Å². The molecule has 0 spiro atoms. The summed E-state index contributed by atoms with van der Waals surface area (Å²) in [7, 11) is 1.79. The number of likely N-dealkylation sites (N-methyl/N-ethyl adjacent to an activating group) is 1. The molecule has 0 fully saturated rings. The number of nitrogens with zero attached hydrogens (tertiary/aromatic N) is 2. The maximum absolute atomic E-state index is 10.6. The van der Waals surface area contributed by atoms with Crippen molar-refractivity contribution in [3.8, 4) is 0 Å². The van der Waals surface area contributed by atoms with Crippen molar-refractivity contribution in [2.75, 3.05) is 24.2 Å². The Morgan fingerprint density at radius 3 is 2.53 bits per heavy atom. The third-order valence-corrected chi connectivity index (χ3v) is 2.27. The third kappa shape index (κ3) is 3.60. The second kappa shape index (κ2) is 4.58. The standard InChI is InChI=1S/C11H17N3O3/c1-11(2,15)7-13(3)8-4-5-10(14(16)17)9(12)6-8/h4-6,15H,7,12H2,1-3H3. The molecule has 0 saturated heterocycles. The molecule has 0 aliphatic carbocycles. The van der Waals surface area contributed by atoms with Crippen LogP contribution in [0.3, 0.4) is 0 Å². The van der Waals surface area contributed by atoms with Crippen LogP contribution in [0.4, 0.5) is 17.1 Å². The molecule has 6 nitrogen and oxygen atoms in total. The normalized spacial score (nSPS) is 11.3. The van der Waals surface area contributed by atoms with Crippen molar-refractivity contribution < 1.29 is 10.0 Å². The lowest BCUT2D eigenvalue weighted by molar-refractivity contribution is -0.383. The predicted molar refractivity (Wildman–Crippen MR) is 67.1 cm³/mol. The molecule has 0 aliphatic rings. The Balaban J connectivity index is 2.94. The highest BCUT2D eigenvalue weighted by Gasteiger charge is 2.18. The van der Waals surface area contributed by atoms with Gasteiger partial charge in [-0.05, 0) is 26.0 Å². The number of benzene rings is 1. The number of hydrogen-bond acceptors (Lipinski definition) is 5. The van der Waals surface area contributed by atoms with Gasteiger partial charge >= 0.3 is 0 Å². The van der Waals surface area contributed by atoms with Crippen LogP contribution in [0, 0.1) is 10.1 Å². The zero-order chi connectivity index (χ0) is 13.2. The molecule has 0 bridgehead atoms. The van der Waals surface area contributed by atoms with Gasteiger partial charge in [0, 0.05) is 25.3 Å². The Morgan fingerprint density at radius 1 is 1.53 bits per heavy atom. The number of nitro benzene ring substituents is 1. The molecule has 0 heterocycles. The molecule has 0 aliphatic heterocycles. The molecule has 0 aromatic heterocycles. The summed E-state index contributed by atoms with van der Waals surface area (Å²) in [5.74, 6) is 0. The molecule has 3 N–H and O–H groups in total. The van der Waals surface area contributed by atoms with Gasteiger partial charge in [-0.1, -0.05) is 0 Å². The molecule has 17 heavy (non-hydrogen) atoms. The van der Waals surface area contributed by atoms with Crippen molar-refractivity contribution in [3.05, 3.63) is 28.3 Å². The Bertz CT molecular complexity index is 426. The third-order valence-electron chi connectivity index (χ3n) is 2.27. The van der Waals surface area contributed by atoms with E-state index in [1.165, 1.54) is 12.1 Å². The molecule has 0 atom stereocenters. The van der Waals surface area contributed by atoms with Gasteiger partial charge in [0.2, 0.25) is 0 Å². The first-order valence-corrected chi connectivity index (χ1v) is 5.18. The monoisotopic (exact) mass is 239 g/mol. The average Bonchev–Trinajstić information content (AvgIpc) is 2.14. The van der Waals surface area contributed by atoms with Crippen LogP contribution in [0.25, 0.3) is 0 Å². The number of hydrogen-bond donors (Lipinski definition) is 2. The van der Waals surface area contributed by atoms with E-state index < -0.39 is 10.5 Å². The summed E-state index contributed by atoms with van der Waals surface area (Å²) in [6.45, 7) is 3.79. The van der Waals surface area contributed by atoms with Gasteiger partial charge in [0.1, 0.15) is 5.69 Å². The van der Waals surface area contributed by atoms with E-state index in [-0.39, 0.29) is 11.4 Å². The van der Waals surface area contributed by atoms with Crippen LogP contribution >= 0.6 is 0 Å². The van der Waals surface area contributed by atoms with Crippen molar-refractivity contribution in [1.82, 2.24) is 0 Å². The molecule has 0 unspecified atom stereocenters. The van der Waals surface area contributed by atoms with Crippen LogP contribution in [0.5, 0.6) is 0 Å². The highest BCUT2D eigenvalue weighted by atomic mass is 16.6. The number of nitro groups is 1. The smallest absolute Gasteiger partial charge is 0.292 e. The summed E-state index contributed by atoms with van der Waals surface area (Å²) in [5.41, 5.74) is 5.50. The fourth-order valence-corrected chi connectivity index (χ4v) is 1.62. The van der Waals surface area contributed by atoms with Crippen molar-refractivity contribution in [2.45, 2.75) is 19.4 Å². The topological polar surface area (TPSA) is 92.6 Å². The van der Waals surface area contributed by atoms with Crippen LogP contribution in [0.1, 0.15) is 13.8 Å². The first-order chi connectivity index (χ1) is 7.70. The van der Waals surface area contributed by atoms with E-state index in [1.807, 2.05) is 0 Å². The van der Waals surface area contributed by atoms with Gasteiger partial charge in [-0.25, -0.2) is 0 Å². The van der Waals surface area contributed by atoms with E-state index in [1.54, 1.807) is 31.9 Å². The number of rotatable bonds is 4. The van der Waals surface area contributed by atoms with E-state index in [0.29, 0.717) is 6.54 Å². The molecular weight excluding hydrogens is 222 g/mol. The van der Waals surface area contributed by atoms with Gasteiger partial charge in [0.15, 0.2) is 0 Å². The minimum atomic E-state index is -0.842. The second-order valence-electron chi connectivity index (χ2n) is 4.67. The molecule has 6 heteroatoms. The number of nitrogens with two attached hydrogens (primary N) is 1. The Labute approximate surface area is 99.8 Å². The van der Waals surface area contributed by atoms with E-state index >= 15 is 0 Å². The highest BCUT2D eigenvalue weighted by Crippen LogP contribution is 2.26. The predicted octanol–water partition coefficient (Wildman–Crippen LogP) is 1.38. The van der Waals surface area contributed by atoms with Gasteiger partial charge in [-0.3, -0.25) is 10.1 Å². The van der Waals surface area contributed by atoms with Crippen LogP contribution in [-0.4, -0.2) is 29.2 Å². The average molecular weight is 239 g/mol. The van der Waals surface area contributed by atoms with Crippen LogP contribution in [0.2, 0.25) is 0 Å². The first kappa shape index (κ1) is 13.2. The van der Waals surface area contributed by atoms with E-state index in [4.69, 9.17) is 5.73 Å². The van der Waals surface area contributed by atoms with Gasteiger partial charge < -0.3 is 15.7 Å². The first-order valence-electron chi connectivity index (χ1n) is 5.18. The van der Waals surface area contributed by atoms with E-state index in [9.17, 15) is 15.2 Å². The molecule has 1 rings (SSSR count). The summed E-state index contributed by atoms with van der Waals surface area (Å²) in [6, 6.07) is 4.51. The summed E-state index contributed by atoms with van der Waals surface area (Å²) >= 11 is 0. The van der Waals surface area contributed by atoms with Gasteiger partial charge in [0.05, 0.1) is 10.5 Å². The molecule has 0 radical (unpaired) electrons. The largest absolute Gasteiger partial charge is 0.393 e. The minimum absolute atomic E-state index is 0.106. The minimum Gasteiger partial charge on any atom is -0.393 e. The SMILES string of the molecule is CN(CC(C)(C)O)c1ccc([N+](=O)[O-])c(N)c1. The maximum Gasteiger partial charge on any atom is 0.292 e. The molecule has 0 saturated carbocycles. The molecule has 1 aromatic rings. The van der Waals surface area contributed by atoms with Crippen LogP contribution in [0.15, 0.2) is 18.2 Å². The van der Waals surface area contributed by atoms with Gasteiger partial charge in [0.25, 0.3) is 5.69 Å².